The van der Waals surface area contributed by atoms with Crippen LogP contribution < -0.4 is 5.32 Å². The Labute approximate surface area is 116 Å². The number of sulfonamides is 1. The van der Waals surface area contributed by atoms with Crippen molar-refractivity contribution in [2.24, 2.45) is 0 Å². The summed E-state index contributed by atoms with van der Waals surface area (Å²) >= 11 is 1.07. The molecule has 2 heterocycles. The largest absolute Gasteiger partial charge is 0.465 e. The quantitative estimate of drug-likeness (QED) is 0.821. The van der Waals surface area contributed by atoms with Crippen molar-refractivity contribution >= 4 is 27.3 Å². The van der Waals surface area contributed by atoms with Crippen LogP contribution in [0.2, 0.25) is 0 Å². The molecule has 1 atom stereocenters. The minimum Gasteiger partial charge on any atom is -0.465 e. The molecule has 1 aliphatic heterocycles. The van der Waals surface area contributed by atoms with E-state index in [4.69, 9.17) is 0 Å². The lowest BCUT2D eigenvalue weighted by Crippen LogP contribution is -2.38. The molecule has 0 spiro atoms. The molecule has 1 aliphatic rings. The van der Waals surface area contributed by atoms with Gasteiger partial charge in [0.15, 0.2) is 0 Å². The molecule has 1 N–H and O–H groups in total. The normalized spacial score (nSPS) is 19.8. The Hall–Kier alpha value is -0.960. The number of ether oxygens (including phenoxy) is 1. The van der Waals surface area contributed by atoms with Crippen LogP contribution in [-0.4, -0.2) is 52.0 Å². The average molecular weight is 304 g/mol. The minimum absolute atomic E-state index is 0.0357. The van der Waals surface area contributed by atoms with Gasteiger partial charge in [-0.1, -0.05) is 0 Å². The lowest BCUT2D eigenvalue weighted by Gasteiger charge is -2.22. The second kappa shape index (κ2) is 5.58. The van der Waals surface area contributed by atoms with E-state index in [0.29, 0.717) is 11.4 Å². The van der Waals surface area contributed by atoms with Gasteiger partial charge in [0.1, 0.15) is 4.88 Å². The van der Waals surface area contributed by atoms with E-state index >= 15 is 0 Å². The Morgan fingerprint density at radius 2 is 2.32 bits per heavy atom. The minimum atomic E-state index is -3.55. The molecule has 1 fully saturated rings. The number of methoxy groups -OCH3 is 1. The molecule has 6 nitrogen and oxygen atoms in total. The molecule has 0 aromatic carbocycles. The van der Waals surface area contributed by atoms with Crippen molar-refractivity contribution < 1.29 is 17.9 Å². The van der Waals surface area contributed by atoms with E-state index in [2.05, 4.69) is 10.1 Å². The summed E-state index contributed by atoms with van der Waals surface area (Å²) in [6.45, 7) is 1.48. The number of hydrogen-bond donors (Lipinski definition) is 1. The second-order valence-corrected chi connectivity index (χ2v) is 7.21. The van der Waals surface area contributed by atoms with Gasteiger partial charge in [0.25, 0.3) is 0 Å². The van der Waals surface area contributed by atoms with Gasteiger partial charge in [-0.3, -0.25) is 0 Å². The Morgan fingerprint density at radius 1 is 1.58 bits per heavy atom. The first-order valence-electron chi connectivity index (χ1n) is 5.82. The van der Waals surface area contributed by atoms with Gasteiger partial charge in [-0.05, 0) is 19.0 Å². The molecule has 0 bridgehead atoms. The molecule has 1 unspecified atom stereocenters. The molecule has 0 amide bonds. The molecular formula is C11H16N2O4S2. The molecule has 8 heteroatoms. The van der Waals surface area contributed by atoms with Crippen molar-refractivity contribution in [2.45, 2.75) is 17.4 Å². The van der Waals surface area contributed by atoms with Gasteiger partial charge in [-0.25, -0.2) is 13.2 Å². The van der Waals surface area contributed by atoms with E-state index in [1.807, 2.05) is 0 Å². The Kier molecular flexibility index (Phi) is 4.24. The summed E-state index contributed by atoms with van der Waals surface area (Å²) < 4.78 is 30.7. The van der Waals surface area contributed by atoms with E-state index in [-0.39, 0.29) is 10.9 Å². The van der Waals surface area contributed by atoms with Crippen LogP contribution in [0.3, 0.4) is 0 Å². The van der Waals surface area contributed by atoms with Gasteiger partial charge in [0.2, 0.25) is 10.0 Å². The zero-order chi connectivity index (χ0) is 14.0. The predicted molar refractivity (Wildman–Crippen MR) is 71.9 cm³/mol. The fraction of sp³-hybridized carbons (Fsp3) is 0.545. The summed E-state index contributed by atoms with van der Waals surface area (Å²) in [4.78, 5) is 11.8. The number of esters is 1. The number of likely N-dealkylation sites (N-methyl/N-ethyl adjacent to an activating group) is 1. The summed E-state index contributed by atoms with van der Waals surface area (Å²) in [5, 5.41) is 4.60. The zero-order valence-electron chi connectivity index (χ0n) is 10.8. The fourth-order valence-corrected chi connectivity index (χ4v) is 4.54. The van der Waals surface area contributed by atoms with Gasteiger partial charge in [-0.15, -0.1) is 11.3 Å². The van der Waals surface area contributed by atoms with Crippen LogP contribution in [0.15, 0.2) is 16.3 Å². The summed E-state index contributed by atoms with van der Waals surface area (Å²) in [6, 6.07) is 1.33. The molecule has 2 rings (SSSR count). The van der Waals surface area contributed by atoms with E-state index in [9.17, 15) is 13.2 Å². The van der Waals surface area contributed by atoms with Gasteiger partial charge in [-0.2, -0.15) is 4.31 Å². The van der Waals surface area contributed by atoms with Gasteiger partial charge < -0.3 is 10.1 Å². The number of nitrogens with zero attached hydrogens (tertiary/aromatic N) is 1. The van der Waals surface area contributed by atoms with Crippen molar-refractivity contribution in [3.8, 4) is 0 Å². The predicted octanol–water partition coefficient (Wildman–Crippen LogP) is 0.517. The highest BCUT2D eigenvalue weighted by molar-refractivity contribution is 7.89. The maximum absolute atomic E-state index is 12.4. The maximum atomic E-state index is 12.4. The van der Waals surface area contributed by atoms with Gasteiger partial charge in [0.05, 0.1) is 12.0 Å². The first kappa shape index (κ1) is 14.4. The van der Waals surface area contributed by atoms with Crippen LogP contribution in [0.4, 0.5) is 0 Å². The van der Waals surface area contributed by atoms with E-state index in [0.717, 1.165) is 24.3 Å². The molecule has 1 saturated heterocycles. The van der Waals surface area contributed by atoms with Crippen LogP contribution in [0.5, 0.6) is 0 Å². The third kappa shape index (κ3) is 2.81. The topological polar surface area (TPSA) is 75.7 Å². The Morgan fingerprint density at radius 3 is 2.89 bits per heavy atom. The van der Waals surface area contributed by atoms with Gasteiger partial charge in [0, 0.05) is 25.0 Å². The van der Waals surface area contributed by atoms with Crippen molar-refractivity contribution in [3.63, 3.8) is 0 Å². The summed E-state index contributed by atoms with van der Waals surface area (Å²) in [5.74, 6) is -0.517. The number of thiophene rings is 1. The molecule has 0 aliphatic carbocycles. The van der Waals surface area contributed by atoms with Crippen LogP contribution in [-0.2, 0) is 14.8 Å². The van der Waals surface area contributed by atoms with Crippen molar-refractivity contribution in [2.75, 3.05) is 27.2 Å². The zero-order valence-corrected chi connectivity index (χ0v) is 12.4. The first-order chi connectivity index (χ1) is 8.96. The van der Waals surface area contributed by atoms with Gasteiger partial charge >= 0.3 is 5.97 Å². The lowest BCUT2D eigenvalue weighted by molar-refractivity contribution is 0.0606. The fourth-order valence-electron chi connectivity index (χ4n) is 1.97. The molecule has 1 aromatic heterocycles. The molecule has 106 valence electrons. The monoisotopic (exact) mass is 304 g/mol. The van der Waals surface area contributed by atoms with Crippen molar-refractivity contribution in [1.82, 2.24) is 9.62 Å². The molecule has 0 saturated carbocycles. The van der Waals surface area contributed by atoms with Crippen LogP contribution in [0.1, 0.15) is 16.1 Å². The maximum Gasteiger partial charge on any atom is 0.348 e. The van der Waals surface area contributed by atoms with Crippen molar-refractivity contribution in [1.29, 1.82) is 0 Å². The lowest BCUT2D eigenvalue weighted by atomic mass is 10.3. The Balaban J connectivity index is 2.23. The van der Waals surface area contributed by atoms with Crippen LogP contribution >= 0.6 is 11.3 Å². The first-order valence-corrected chi connectivity index (χ1v) is 8.14. The summed E-state index contributed by atoms with van der Waals surface area (Å²) in [6.07, 6.45) is 0.795. The van der Waals surface area contributed by atoms with E-state index in [1.54, 1.807) is 7.05 Å². The third-order valence-electron chi connectivity index (χ3n) is 3.19. The SMILES string of the molecule is COC(=O)c1cc(S(=O)(=O)N(C)C2CCNC2)cs1. The number of nitrogens with one attached hydrogen (secondary N) is 1. The summed E-state index contributed by atoms with van der Waals surface area (Å²) in [5.41, 5.74) is 0. The smallest absolute Gasteiger partial charge is 0.348 e. The van der Waals surface area contributed by atoms with Crippen LogP contribution in [0.25, 0.3) is 0 Å². The second-order valence-electron chi connectivity index (χ2n) is 4.31. The number of hydrogen-bond acceptors (Lipinski definition) is 6. The summed E-state index contributed by atoms with van der Waals surface area (Å²) in [7, 11) is -0.705. The number of rotatable bonds is 4. The Bertz CT molecular complexity index is 561. The third-order valence-corrected chi connectivity index (χ3v) is 6.13. The van der Waals surface area contributed by atoms with E-state index < -0.39 is 16.0 Å². The van der Waals surface area contributed by atoms with Crippen LogP contribution in [0, 0.1) is 0 Å². The highest BCUT2D eigenvalue weighted by atomic mass is 32.2. The van der Waals surface area contributed by atoms with E-state index in [1.165, 1.54) is 22.9 Å². The molecule has 19 heavy (non-hydrogen) atoms. The highest BCUT2D eigenvalue weighted by Crippen LogP contribution is 2.24. The molecular weight excluding hydrogens is 288 g/mol. The molecule has 0 radical (unpaired) electrons. The average Bonchev–Trinajstić information content (AvgIpc) is 3.07. The molecule has 1 aromatic rings. The van der Waals surface area contributed by atoms with Crippen molar-refractivity contribution in [3.05, 3.63) is 16.3 Å². The number of carbonyl (C=O) groups excluding carboxylic acids is 1. The highest BCUT2D eigenvalue weighted by Gasteiger charge is 2.31. The standard InChI is InChI=1S/C11H16N2O4S2/c1-13(8-3-4-12-6-8)19(15,16)9-5-10(18-7-9)11(14)17-2/h5,7-8,12H,3-4,6H2,1-2H3. The number of carbonyl (C=O) groups is 1.